The summed E-state index contributed by atoms with van der Waals surface area (Å²) in [4.78, 5) is 23.6. The van der Waals surface area contributed by atoms with Crippen LogP contribution in [0.3, 0.4) is 0 Å². The first kappa shape index (κ1) is 18.7. The Bertz CT molecular complexity index is 708. The molecule has 1 aromatic heterocycles. The van der Waals surface area contributed by atoms with Gasteiger partial charge in [-0.25, -0.2) is 4.79 Å². The van der Waals surface area contributed by atoms with E-state index in [2.05, 4.69) is 0 Å². The zero-order valence-electron chi connectivity index (χ0n) is 14.9. The number of carbonyl (C=O) groups excluding carboxylic acids is 2. The second-order valence-corrected chi connectivity index (χ2v) is 5.86. The van der Waals surface area contributed by atoms with Gasteiger partial charge in [0.2, 0.25) is 0 Å². The second-order valence-electron chi connectivity index (χ2n) is 5.86. The molecule has 0 saturated heterocycles. The maximum atomic E-state index is 12.3. The van der Waals surface area contributed by atoms with Crippen LogP contribution >= 0.6 is 0 Å². The van der Waals surface area contributed by atoms with E-state index < -0.39 is 11.7 Å². The average Bonchev–Trinajstić information content (AvgIpc) is 2.93. The molecule has 0 amide bonds. The summed E-state index contributed by atoms with van der Waals surface area (Å²) in [6, 6.07) is 3.46. The molecular formula is C18H25NO4. The van der Waals surface area contributed by atoms with Crippen LogP contribution in [0.2, 0.25) is 0 Å². The lowest BCUT2D eigenvalue weighted by molar-refractivity contribution is 0.0544. The Labute approximate surface area is 137 Å². The Hall–Kier alpha value is -2.30. The zero-order valence-corrected chi connectivity index (χ0v) is 14.9. The molecule has 0 unspecified atom stereocenters. The molecule has 1 aromatic carbocycles. The number of methoxy groups -OCH3 is 1. The molecule has 0 atom stereocenters. The van der Waals surface area contributed by atoms with Gasteiger partial charge in [0.15, 0.2) is 6.29 Å². The van der Waals surface area contributed by atoms with Crippen molar-refractivity contribution in [3.8, 4) is 5.75 Å². The molecule has 1 heterocycles. The van der Waals surface area contributed by atoms with Gasteiger partial charge in [0.05, 0.1) is 18.2 Å². The minimum absolute atomic E-state index is 0.431. The summed E-state index contributed by atoms with van der Waals surface area (Å²) in [6.45, 7) is 11.3. The number of carbonyl (C=O) groups is 2. The maximum absolute atomic E-state index is 12.3. The van der Waals surface area contributed by atoms with Crippen molar-refractivity contribution in [3.05, 3.63) is 29.5 Å². The molecule has 0 radical (unpaired) electrons. The summed E-state index contributed by atoms with van der Waals surface area (Å²) in [7, 11) is 1.51. The predicted octanol–water partition coefficient (Wildman–Crippen LogP) is 4.58. The van der Waals surface area contributed by atoms with Crippen molar-refractivity contribution in [1.82, 2.24) is 4.57 Å². The number of nitrogens with zero attached hydrogens (tertiary/aromatic N) is 1. The molecule has 0 aliphatic rings. The van der Waals surface area contributed by atoms with Crippen molar-refractivity contribution >= 4 is 23.3 Å². The normalized spacial score (nSPS) is 10.7. The van der Waals surface area contributed by atoms with E-state index in [9.17, 15) is 9.59 Å². The van der Waals surface area contributed by atoms with Crippen LogP contribution in [0.4, 0.5) is 4.79 Å². The number of ether oxygens (including phenoxy) is 2. The van der Waals surface area contributed by atoms with Gasteiger partial charge in [-0.2, -0.15) is 0 Å². The highest BCUT2D eigenvalue weighted by Crippen LogP contribution is 2.31. The highest BCUT2D eigenvalue weighted by Gasteiger charge is 2.21. The Morgan fingerprint density at radius 3 is 2.35 bits per heavy atom. The van der Waals surface area contributed by atoms with Crippen LogP contribution in [0.1, 0.15) is 50.5 Å². The summed E-state index contributed by atoms with van der Waals surface area (Å²) >= 11 is 0. The van der Waals surface area contributed by atoms with Crippen molar-refractivity contribution in [1.29, 1.82) is 0 Å². The fraction of sp³-hybridized carbons (Fsp3) is 0.444. The van der Waals surface area contributed by atoms with Crippen LogP contribution in [0.15, 0.2) is 18.3 Å². The number of rotatable bonds is 2. The highest BCUT2D eigenvalue weighted by atomic mass is 16.6. The van der Waals surface area contributed by atoms with E-state index in [0.717, 1.165) is 11.8 Å². The van der Waals surface area contributed by atoms with Crippen LogP contribution in [-0.4, -0.2) is 29.7 Å². The first-order valence-electron chi connectivity index (χ1n) is 7.65. The second kappa shape index (κ2) is 7.31. The first-order valence-corrected chi connectivity index (χ1v) is 7.65. The smallest absolute Gasteiger partial charge is 0.419 e. The minimum Gasteiger partial charge on any atom is -0.496 e. The molecule has 0 N–H and O–H groups in total. The number of aromatic nitrogens is 1. The van der Waals surface area contributed by atoms with Crippen LogP contribution < -0.4 is 4.74 Å². The monoisotopic (exact) mass is 319 g/mol. The molecule has 23 heavy (non-hydrogen) atoms. The Balaban J connectivity index is 0.00000127. The van der Waals surface area contributed by atoms with Gasteiger partial charge in [0.1, 0.15) is 11.4 Å². The summed E-state index contributed by atoms with van der Waals surface area (Å²) in [5.74, 6) is 0.497. The summed E-state index contributed by atoms with van der Waals surface area (Å²) in [5.41, 5.74) is 1.34. The van der Waals surface area contributed by atoms with E-state index in [-0.39, 0.29) is 0 Å². The fourth-order valence-corrected chi connectivity index (χ4v) is 2.28. The number of hydrogen-bond donors (Lipinski definition) is 0. The maximum Gasteiger partial charge on any atom is 0.419 e. The molecule has 5 heteroatoms. The van der Waals surface area contributed by atoms with Gasteiger partial charge in [0, 0.05) is 11.6 Å². The third kappa shape index (κ3) is 3.92. The first-order chi connectivity index (χ1) is 10.8. The Morgan fingerprint density at radius 1 is 1.26 bits per heavy atom. The van der Waals surface area contributed by atoms with Gasteiger partial charge < -0.3 is 9.47 Å². The summed E-state index contributed by atoms with van der Waals surface area (Å²) < 4.78 is 12.0. The van der Waals surface area contributed by atoms with Crippen molar-refractivity contribution in [2.75, 3.05) is 7.11 Å². The van der Waals surface area contributed by atoms with Gasteiger partial charge >= 0.3 is 6.09 Å². The standard InChI is InChI=1S/C16H19NO4.C2H6/c1-10-8-13(20-5)12(9-18)11-6-7-17(14(10)11)15(19)21-16(2,3)4;1-2/h6-9H,1-5H3;1-2H3. The quantitative estimate of drug-likeness (QED) is 0.760. The molecule has 0 aliphatic carbocycles. The minimum atomic E-state index is -0.582. The lowest BCUT2D eigenvalue weighted by Crippen LogP contribution is -2.26. The third-order valence-corrected chi connectivity index (χ3v) is 3.09. The Kier molecular flexibility index (Phi) is 5.96. The van der Waals surface area contributed by atoms with Gasteiger partial charge in [0.25, 0.3) is 0 Å². The van der Waals surface area contributed by atoms with Gasteiger partial charge in [-0.1, -0.05) is 13.8 Å². The number of aryl methyl sites for hydroxylation is 1. The van der Waals surface area contributed by atoms with E-state index in [4.69, 9.17) is 9.47 Å². The zero-order chi connectivity index (χ0) is 17.8. The van der Waals surface area contributed by atoms with Crippen molar-refractivity contribution in [3.63, 3.8) is 0 Å². The van der Waals surface area contributed by atoms with Gasteiger partial charge in [-0.05, 0) is 45.4 Å². The summed E-state index contributed by atoms with van der Waals surface area (Å²) in [6.07, 6.45) is 1.88. The molecule has 126 valence electrons. The van der Waals surface area contributed by atoms with Crippen molar-refractivity contribution in [2.45, 2.75) is 47.1 Å². The topological polar surface area (TPSA) is 57.5 Å². The lowest BCUT2D eigenvalue weighted by Gasteiger charge is -2.20. The SMILES string of the molecule is CC.COc1cc(C)c2c(ccn2C(=O)OC(C)(C)C)c1C=O. The fourth-order valence-electron chi connectivity index (χ4n) is 2.28. The molecule has 0 fully saturated rings. The molecule has 0 spiro atoms. The third-order valence-electron chi connectivity index (χ3n) is 3.09. The molecule has 2 rings (SSSR count). The Morgan fingerprint density at radius 2 is 1.87 bits per heavy atom. The van der Waals surface area contributed by atoms with E-state index in [1.54, 1.807) is 18.3 Å². The lowest BCUT2D eigenvalue weighted by atomic mass is 10.1. The highest BCUT2D eigenvalue weighted by molar-refractivity contribution is 6.03. The van der Waals surface area contributed by atoms with Crippen molar-refractivity contribution < 1.29 is 19.1 Å². The molecule has 0 saturated carbocycles. The predicted molar refractivity (Wildman–Crippen MR) is 91.6 cm³/mol. The molecule has 2 aromatic rings. The van der Waals surface area contributed by atoms with Crippen LogP contribution in [-0.2, 0) is 4.74 Å². The molecule has 0 aliphatic heterocycles. The average molecular weight is 319 g/mol. The van der Waals surface area contributed by atoms with Crippen LogP contribution in [0.25, 0.3) is 10.9 Å². The van der Waals surface area contributed by atoms with Crippen LogP contribution in [0.5, 0.6) is 5.75 Å². The van der Waals surface area contributed by atoms with Crippen LogP contribution in [0, 0.1) is 6.92 Å². The van der Waals surface area contributed by atoms with Crippen molar-refractivity contribution in [2.24, 2.45) is 0 Å². The van der Waals surface area contributed by atoms with E-state index in [0.29, 0.717) is 22.2 Å². The summed E-state index contributed by atoms with van der Waals surface area (Å²) in [5, 5.41) is 0.674. The van der Waals surface area contributed by atoms with E-state index in [1.807, 2.05) is 41.5 Å². The molecule has 5 nitrogen and oxygen atoms in total. The largest absolute Gasteiger partial charge is 0.496 e. The number of aldehydes is 1. The number of hydrogen-bond acceptors (Lipinski definition) is 4. The number of fused-ring (bicyclic) bond motifs is 1. The molecule has 0 bridgehead atoms. The van der Waals surface area contributed by atoms with Gasteiger partial charge in [-0.15, -0.1) is 0 Å². The van der Waals surface area contributed by atoms with E-state index >= 15 is 0 Å². The van der Waals surface area contributed by atoms with E-state index in [1.165, 1.54) is 11.7 Å². The molecular weight excluding hydrogens is 294 g/mol. The van der Waals surface area contributed by atoms with Gasteiger partial charge in [-0.3, -0.25) is 9.36 Å². The number of benzene rings is 1.